The van der Waals surface area contributed by atoms with Crippen LogP contribution in [-0.4, -0.2) is 23.2 Å². The van der Waals surface area contributed by atoms with Gasteiger partial charge in [-0.2, -0.15) is 0 Å². The van der Waals surface area contributed by atoms with Gasteiger partial charge in [0.2, 0.25) is 5.91 Å². The molecule has 0 aromatic heterocycles. The van der Waals surface area contributed by atoms with E-state index >= 15 is 0 Å². The van der Waals surface area contributed by atoms with Crippen LogP contribution in [0.5, 0.6) is 0 Å². The fourth-order valence-corrected chi connectivity index (χ4v) is 5.20. The van der Waals surface area contributed by atoms with E-state index in [1.807, 2.05) is 0 Å². The van der Waals surface area contributed by atoms with Gasteiger partial charge in [-0.15, -0.1) is 6.58 Å². The van der Waals surface area contributed by atoms with E-state index < -0.39 is 5.60 Å². The molecule has 0 aromatic carbocycles. The van der Waals surface area contributed by atoms with Crippen molar-refractivity contribution < 1.29 is 9.90 Å². The molecule has 4 saturated carbocycles. The third kappa shape index (κ3) is 2.09. The summed E-state index contributed by atoms with van der Waals surface area (Å²) in [6.45, 7) is 4.16. The van der Waals surface area contributed by atoms with E-state index in [2.05, 4.69) is 11.9 Å². The topological polar surface area (TPSA) is 49.3 Å². The Labute approximate surface area is 109 Å². The van der Waals surface area contributed by atoms with Crippen LogP contribution in [0.15, 0.2) is 12.7 Å². The van der Waals surface area contributed by atoms with Crippen molar-refractivity contribution in [3.05, 3.63) is 12.7 Å². The Morgan fingerprint density at radius 1 is 1.33 bits per heavy atom. The molecular formula is C15H23NO2. The summed E-state index contributed by atoms with van der Waals surface area (Å²) < 4.78 is 0. The summed E-state index contributed by atoms with van der Waals surface area (Å²) in [4.78, 5) is 12.0. The van der Waals surface area contributed by atoms with Crippen LogP contribution in [-0.2, 0) is 4.79 Å². The number of rotatable bonds is 4. The van der Waals surface area contributed by atoms with E-state index in [4.69, 9.17) is 0 Å². The van der Waals surface area contributed by atoms with E-state index in [0.29, 0.717) is 24.8 Å². The molecule has 4 aliphatic rings. The third-order valence-corrected chi connectivity index (χ3v) is 5.13. The molecule has 4 fully saturated rings. The highest BCUT2D eigenvalue weighted by atomic mass is 16.3. The van der Waals surface area contributed by atoms with Gasteiger partial charge in [-0.25, -0.2) is 0 Å². The fraction of sp³-hybridized carbons (Fsp3) is 0.800. The van der Waals surface area contributed by atoms with Crippen molar-refractivity contribution in [3.63, 3.8) is 0 Å². The van der Waals surface area contributed by atoms with Crippen molar-refractivity contribution in [2.24, 2.45) is 17.3 Å². The molecule has 2 atom stereocenters. The zero-order valence-corrected chi connectivity index (χ0v) is 11.0. The molecule has 3 heteroatoms. The highest BCUT2D eigenvalue weighted by Crippen LogP contribution is 2.62. The first-order valence-corrected chi connectivity index (χ1v) is 7.13. The molecule has 4 aliphatic carbocycles. The van der Waals surface area contributed by atoms with Gasteiger partial charge in [0.15, 0.2) is 0 Å². The van der Waals surface area contributed by atoms with Crippen LogP contribution < -0.4 is 5.32 Å². The lowest BCUT2D eigenvalue weighted by Crippen LogP contribution is -2.56. The minimum atomic E-state index is -0.456. The van der Waals surface area contributed by atoms with Crippen molar-refractivity contribution >= 4 is 5.91 Å². The van der Waals surface area contributed by atoms with Gasteiger partial charge in [0, 0.05) is 13.0 Å². The molecule has 2 unspecified atom stereocenters. The van der Waals surface area contributed by atoms with Crippen LogP contribution in [0.25, 0.3) is 0 Å². The summed E-state index contributed by atoms with van der Waals surface area (Å²) in [7, 11) is 0. The van der Waals surface area contributed by atoms with Crippen LogP contribution in [0.2, 0.25) is 0 Å². The van der Waals surface area contributed by atoms with Gasteiger partial charge in [0.25, 0.3) is 0 Å². The molecule has 0 radical (unpaired) electrons. The summed E-state index contributed by atoms with van der Waals surface area (Å²) in [5, 5.41) is 13.5. The number of hydrogen-bond donors (Lipinski definition) is 2. The van der Waals surface area contributed by atoms with Gasteiger partial charge in [-0.3, -0.25) is 4.79 Å². The van der Waals surface area contributed by atoms with E-state index in [9.17, 15) is 9.90 Å². The van der Waals surface area contributed by atoms with Crippen molar-refractivity contribution in [1.29, 1.82) is 0 Å². The van der Waals surface area contributed by atoms with E-state index in [-0.39, 0.29) is 11.3 Å². The Balaban J connectivity index is 1.71. The van der Waals surface area contributed by atoms with Crippen LogP contribution in [0.4, 0.5) is 0 Å². The zero-order valence-electron chi connectivity index (χ0n) is 11.0. The lowest BCUT2D eigenvalue weighted by molar-refractivity contribution is -0.169. The molecular weight excluding hydrogens is 226 g/mol. The second kappa shape index (κ2) is 4.09. The molecule has 3 nitrogen and oxygen atoms in total. The predicted molar refractivity (Wildman–Crippen MR) is 69.9 cm³/mol. The first kappa shape index (κ1) is 12.2. The van der Waals surface area contributed by atoms with Gasteiger partial charge < -0.3 is 10.4 Å². The Hall–Kier alpha value is -0.830. The maximum atomic E-state index is 12.0. The summed E-state index contributed by atoms with van der Waals surface area (Å²) in [5.41, 5.74) is -0.368. The van der Waals surface area contributed by atoms with Gasteiger partial charge in [0.05, 0.1) is 5.60 Å². The Bertz CT molecular complexity index is 363. The lowest BCUT2D eigenvalue weighted by atomic mass is 9.47. The molecule has 18 heavy (non-hydrogen) atoms. The quantitative estimate of drug-likeness (QED) is 0.749. The van der Waals surface area contributed by atoms with Gasteiger partial charge in [-0.05, 0) is 55.8 Å². The maximum Gasteiger partial charge on any atom is 0.220 e. The minimum Gasteiger partial charge on any atom is -0.390 e. The SMILES string of the molecule is C=CCNC(=O)CC12CC3CC(CC(O)(C3)C1)C2. The molecule has 0 saturated heterocycles. The number of carbonyl (C=O) groups excluding carboxylic acids is 1. The Morgan fingerprint density at radius 3 is 2.56 bits per heavy atom. The molecule has 0 aliphatic heterocycles. The number of amides is 1. The Morgan fingerprint density at radius 2 is 2.00 bits per heavy atom. The summed E-state index contributed by atoms with van der Waals surface area (Å²) in [6, 6.07) is 0. The van der Waals surface area contributed by atoms with Crippen molar-refractivity contribution in [2.45, 2.75) is 50.5 Å². The minimum absolute atomic E-state index is 0.0874. The van der Waals surface area contributed by atoms with Gasteiger partial charge in [0.1, 0.15) is 0 Å². The van der Waals surface area contributed by atoms with E-state index in [1.165, 1.54) is 6.42 Å². The average molecular weight is 249 g/mol. The van der Waals surface area contributed by atoms with E-state index in [0.717, 1.165) is 32.1 Å². The lowest BCUT2D eigenvalue weighted by Gasteiger charge is -2.60. The van der Waals surface area contributed by atoms with Crippen LogP contribution >= 0.6 is 0 Å². The highest BCUT2D eigenvalue weighted by Gasteiger charge is 2.57. The second-order valence-corrected chi connectivity index (χ2v) is 6.95. The zero-order chi connectivity index (χ0) is 12.8. The smallest absolute Gasteiger partial charge is 0.220 e. The number of carbonyl (C=O) groups is 1. The molecule has 0 aromatic rings. The van der Waals surface area contributed by atoms with Crippen LogP contribution in [0.1, 0.15) is 44.9 Å². The highest BCUT2D eigenvalue weighted by molar-refractivity contribution is 5.77. The second-order valence-electron chi connectivity index (χ2n) is 6.95. The molecule has 0 spiro atoms. The maximum absolute atomic E-state index is 12.0. The van der Waals surface area contributed by atoms with Crippen LogP contribution in [0.3, 0.4) is 0 Å². The Kier molecular flexibility index (Phi) is 2.77. The van der Waals surface area contributed by atoms with Gasteiger partial charge >= 0.3 is 0 Å². The summed E-state index contributed by atoms with van der Waals surface area (Å²) in [6.07, 6.45) is 8.66. The fourth-order valence-electron chi connectivity index (χ4n) is 5.20. The van der Waals surface area contributed by atoms with Gasteiger partial charge in [-0.1, -0.05) is 6.08 Å². The number of nitrogens with one attached hydrogen (secondary N) is 1. The third-order valence-electron chi connectivity index (χ3n) is 5.13. The normalized spacial score (nSPS) is 44.9. The number of hydrogen-bond acceptors (Lipinski definition) is 2. The molecule has 4 rings (SSSR count). The van der Waals surface area contributed by atoms with Crippen LogP contribution in [0, 0.1) is 17.3 Å². The predicted octanol–water partition coefficient (Wildman–Crippen LogP) is 2.01. The molecule has 4 bridgehead atoms. The first-order valence-electron chi connectivity index (χ1n) is 7.13. The molecule has 1 amide bonds. The standard InChI is InChI=1S/C15H23NO2/c1-2-3-16-13(17)9-14-5-11-4-12(6-14)8-15(18,7-11)10-14/h2,11-12,18H,1,3-10H2,(H,16,17). The summed E-state index contributed by atoms with van der Waals surface area (Å²) in [5.74, 6) is 1.44. The van der Waals surface area contributed by atoms with Crippen molar-refractivity contribution in [3.8, 4) is 0 Å². The average Bonchev–Trinajstić information content (AvgIpc) is 2.21. The summed E-state index contributed by atoms with van der Waals surface area (Å²) >= 11 is 0. The monoisotopic (exact) mass is 249 g/mol. The van der Waals surface area contributed by atoms with Crippen molar-refractivity contribution in [1.82, 2.24) is 5.32 Å². The first-order chi connectivity index (χ1) is 8.53. The molecule has 0 heterocycles. The van der Waals surface area contributed by atoms with E-state index in [1.54, 1.807) is 6.08 Å². The molecule has 100 valence electrons. The van der Waals surface area contributed by atoms with Crippen molar-refractivity contribution in [2.75, 3.05) is 6.54 Å². The number of aliphatic hydroxyl groups is 1. The largest absolute Gasteiger partial charge is 0.390 e. The molecule has 2 N–H and O–H groups in total.